The Kier molecular flexibility index (Phi) is 6.39. The molecule has 1 aliphatic carbocycles. The van der Waals surface area contributed by atoms with E-state index in [0.29, 0.717) is 30.0 Å². The van der Waals surface area contributed by atoms with Gasteiger partial charge < -0.3 is 14.8 Å². The molecule has 0 unspecified atom stereocenters. The maximum atomic E-state index is 12.9. The molecule has 1 aliphatic rings. The molecule has 0 heterocycles. The van der Waals surface area contributed by atoms with Gasteiger partial charge in [-0.15, -0.1) is 0 Å². The van der Waals surface area contributed by atoms with Gasteiger partial charge in [0.2, 0.25) is 0 Å². The second-order valence-corrected chi connectivity index (χ2v) is 5.82. The Morgan fingerprint density at radius 1 is 1.16 bits per heavy atom. The lowest BCUT2D eigenvalue weighted by Crippen LogP contribution is -2.28. The number of amides is 1. The average Bonchev–Trinajstić information content (AvgIpc) is 2.90. The number of Topliss-reactive ketones (excluding diaryl/α,β-unsaturated/α-hetero) is 1. The molecule has 1 aromatic rings. The van der Waals surface area contributed by atoms with Crippen molar-refractivity contribution in [3.63, 3.8) is 0 Å². The normalized spacial score (nSPS) is 13.4. The van der Waals surface area contributed by atoms with Crippen molar-refractivity contribution in [2.75, 3.05) is 20.8 Å². The van der Waals surface area contributed by atoms with Gasteiger partial charge in [-0.05, 0) is 43.0 Å². The Bertz CT molecular complexity index is 731. The van der Waals surface area contributed by atoms with Crippen LogP contribution in [-0.2, 0) is 4.79 Å². The first-order valence-electron chi connectivity index (χ1n) is 8.52. The number of ether oxygens (including phenoxy) is 2. The van der Waals surface area contributed by atoms with E-state index in [2.05, 4.69) is 12.2 Å². The van der Waals surface area contributed by atoms with Gasteiger partial charge in [0.25, 0.3) is 5.91 Å². The summed E-state index contributed by atoms with van der Waals surface area (Å²) in [5.41, 5.74) is 2.17. The molecule has 1 aromatic carbocycles. The van der Waals surface area contributed by atoms with Crippen LogP contribution < -0.4 is 14.8 Å². The number of allylic oxidation sites excluding steroid dienone is 3. The number of unbranched alkanes of at least 4 members (excludes halogenated alkanes) is 1. The SMILES string of the molecule is C/C=C/CC1=C(C(=O)NCCCC)C(=O)c2cc(OC)c(OC)cc21. The molecule has 1 amide bonds. The Morgan fingerprint density at radius 2 is 1.80 bits per heavy atom. The van der Waals surface area contributed by atoms with Crippen LogP contribution in [0.2, 0.25) is 0 Å². The van der Waals surface area contributed by atoms with Gasteiger partial charge in [0.05, 0.1) is 19.8 Å². The first-order valence-corrected chi connectivity index (χ1v) is 8.52. The summed E-state index contributed by atoms with van der Waals surface area (Å²) >= 11 is 0. The summed E-state index contributed by atoms with van der Waals surface area (Å²) in [5.74, 6) is 0.448. The molecule has 1 N–H and O–H groups in total. The third-order valence-electron chi connectivity index (χ3n) is 4.22. The van der Waals surface area contributed by atoms with Crippen molar-refractivity contribution in [3.05, 3.63) is 41.0 Å². The van der Waals surface area contributed by atoms with E-state index >= 15 is 0 Å². The number of benzene rings is 1. The molecule has 0 atom stereocenters. The van der Waals surface area contributed by atoms with E-state index in [9.17, 15) is 9.59 Å². The van der Waals surface area contributed by atoms with Gasteiger partial charge >= 0.3 is 0 Å². The molecule has 0 spiro atoms. The summed E-state index contributed by atoms with van der Waals surface area (Å²) in [4.78, 5) is 25.5. The van der Waals surface area contributed by atoms with Gasteiger partial charge in [-0.25, -0.2) is 0 Å². The summed E-state index contributed by atoms with van der Waals surface area (Å²) in [6.45, 7) is 4.53. The predicted octanol–water partition coefficient (Wildman–Crippen LogP) is 3.54. The Labute approximate surface area is 148 Å². The number of ketones is 1. The number of carbonyl (C=O) groups excluding carboxylic acids is 2. The molecular weight excluding hydrogens is 318 g/mol. The van der Waals surface area contributed by atoms with Gasteiger partial charge in [0.15, 0.2) is 17.3 Å². The first-order chi connectivity index (χ1) is 12.1. The van der Waals surface area contributed by atoms with E-state index in [-0.39, 0.29) is 17.3 Å². The summed E-state index contributed by atoms with van der Waals surface area (Å²) in [6, 6.07) is 3.43. The highest BCUT2D eigenvalue weighted by Gasteiger charge is 2.34. The van der Waals surface area contributed by atoms with Crippen molar-refractivity contribution in [3.8, 4) is 11.5 Å². The van der Waals surface area contributed by atoms with Crippen LogP contribution in [0.25, 0.3) is 5.57 Å². The van der Waals surface area contributed by atoms with Crippen LogP contribution in [0, 0.1) is 0 Å². The highest BCUT2D eigenvalue weighted by Crippen LogP contribution is 2.41. The molecule has 25 heavy (non-hydrogen) atoms. The highest BCUT2D eigenvalue weighted by atomic mass is 16.5. The van der Waals surface area contributed by atoms with Crippen molar-refractivity contribution < 1.29 is 19.1 Å². The molecule has 134 valence electrons. The quantitative estimate of drug-likeness (QED) is 0.445. The van der Waals surface area contributed by atoms with Crippen molar-refractivity contribution in [2.24, 2.45) is 0 Å². The third-order valence-corrected chi connectivity index (χ3v) is 4.22. The maximum Gasteiger partial charge on any atom is 0.255 e. The zero-order valence-electron chi connectivity index (χ0n) is 15.3. The third kappa shape index (κ3) is 3.76. The molecule has 0 saturated carbocycles. The van der Waals surface area contributed by atoms with E-state index in [1.54, 1.807) is 19.2 Å². The van der Waals surface area contributed by atoms with Crippen LogP contribution in [0.3, 0.4) is 0 Å². The monoisotopic (exact) mass is 343 g/mol. The Morgan fingerprint density at radius 3 is 2.36 bits per heavy atom. The molecule has 5 nitrogen and oxygen atoms in total. The van der Waals surface area contributed by atoms with Gasteiger partial charge in [-0.1, -0.05) is 25.5 Å². The highest BCUT2D eigenvalue weighted by molar-refractivity contribution is 6.34. The number of fused-ring (bicyclic) bond motifs is 1. The fourth-order valence-corrected chi connectivity index (χ4v) is 2.88. The molecule has 0 radical (unpaired) electrons. The van der Waals surface area contributed by atoms with Crippen LogP contribution in [0.1, 0.15) is 49.0 Å². The lowest BCUT2D eigenvalue weighted by Gasteiger charge is -2.11. The minimum Gasteiger partial charge on any atom is -0.493 e. The molecule has 5 heteroatoms. The van der Waals surface area contributed by atoms with E-state index < -0.39 is 0 Å². The van der Waals surface area contributed by atoms with Crippen LogP contribution in [0.4, 0.5) is 0 Å². The fourth-order valence-electron chi connectivity index (χ4n) is 2.88. The number of carbonyl (C=O) groups is 2. The zero-order chi connectivity index (χ0) is 18.4. The Hall–Kier alpha value is -2.56. The second-order valence-electron chi connectivity index (χ2n) is 5.82. The smallest absolute Gasteiger partial charge is 0.255 e. The van der Waals surface area contributed by atoms with Crippen LogP contribution in [0.5, 0.6) is 11.5 Å². The van der Waals surface area contributed by atoms with Crippen molar-refractivity contribution in [1.82, 2.24) is 5.32 Å². The van der Waals surface area contributed by atoms with Crippen molar-refractivity contribution in [1.29, 1.82) is 0 Å². The lowest BCUT2D eigenvalue weighted by molar-refractivity contribution is -0.117. The van der Waals surface area contributed by atoms with Gasteiger partial charge in [-0.2, -0.15) is 0 Å². The number of hydrogen-bond donors (Lipinski definition) is 1. The van der Waals surface area contributed by atoms with Crippen LogP contribution in [0.15, 0.2) is 29.9 Å². The van der Waals surface area contributed by atoms with Crippen LogP contribution >= 0.6 is 0 Å². The summed E-state index contributed by atoms with van der Waals surface area (Å²) < 4.78 is 10.6. The van der Waals surface area contributed by atoms with Gasteiger partial charge in [-0.3, -0.25) is 9.59 Å². The van der Waals surface area contributed by atoms with Gasteiger partial charge in [0.1, 0.15) is 0 Å². The fraction of sp³-hybridized carbons (Fsp3) is 0.400. The molecule has 0 aromatic heterocycles. The minimum absolute atomic E-state index is 0.222. The van der Waals surface area contributed by atoms with Crippen molar-refractivity contribution in [2.45, 2.75) is 33.1 Å². The van der Waals surface area contributed by atoms with Gasteiger partial charge in [0, 0.05) is 12.1 Å². The number of methoxy groups -OCH3 is 2. The van der Waals surface area contributed by atoms with Crippen molar-refractivity contribution >= 4 is 17.3 Å². The van der Waals surface area contributed by atoms with E-state index in [4.69, 9.17) is 9.47 Å². The average molecular weight is 343 g/mol. The second kappa shape index (κ2) is 8.51. The molecule has 0 bridgehead atoms. The lowest BCUT2D eigenvalue weighted by atomic mass is 10.0. The van der Waals surface area contributed by atoms with E-state index in [1.807, 2.05) is 19.1 Å². The molecule has 2 rings (SSSR count). The summed E-state index contributed by atoms with van der Waals surface area (Å²) in [7, 11) is 3.07. The predicted molar refractivity (Wildman–Crippen MR) is 98.1 cm³/mol. The number of nitrogens with one attached hydrogen (secondary N) is 1. The van der Waals surface area contributed by atoms with E-state index in [0.717, 1.165) is 24.0 Å². The molecular formula is C20H25NO4. The summed E-state index contributed by atoms with van der Waals surface area (Å²) in [6.07, 6.45) is 6.22. The number of hydrogen-bond acceptors (Lipinski definition) is 4. The Balaban J connectivity index is 2.49. The standard InChI is InChI=1S/C20H25NO4/c1-5-7-9-13-14-11-16(24-3)17(25-4)12-15(14)19(22)18(13)20(23)21-10-8-6-2/h5,7,11-12H,6,8-10H2,1-4H3,(H,21,23)/b7-5+. The van der Waals surface area contributed by atoms with Crippen LogP contribution in [-0.4, -0.2) is 32.5 Å². The number of rotatable bonds is 8. The molecule has 0 saturated heterocycles. The maximum absolute atomic E-state index is 12.9. The first kappa shape index (κ1) is 18.8. The largest absolute Gasteiger partial charge is 0.493 e. The zero-order valence-corrected chi connectivity index (χ0v) is 15.3. The minimum atomic E-state index is -0.313. The summed E-state index contributed by atoms with van der Waals surface area (Å²) in [5, 5.41) is 2.85. The molecule has 0 fully saturated rings. The molecule has 0 aliphatic heterocycles. The topological polar surface area (TPSA) is 64.6 Å². The van der Waals surface area contributed by atoms with E-state index in [1.165, 1.54) is 7.11 Å².